The van der Waals surface area contributed by atoms with Gasteiger partial charge >= 0.3 is 0 Å². The van der Waals surface area contributed by atoms with Crippen molar-refractivity contribution in [2.24, 2.45) is 0 Å². The minimum Gasteiger partial charge on any atom is -0.328 e. The molecule has 10 heteroatoms. The molecule has 0 fully saturated rings. The third-order valence-electron chi connectivity index (χ3n) is 4.69. The summed E-state index contributed by atoms with van der Waals surface area (Å²) in [6, 6.07) is 12.7. The first-order chi connectivity index (χ1) is 14.2. The van der Waals surface area contributed by atoms with Crippen LogP contribution in [0.1, 0.15) is 0 Å². The molecule has 0 spiro atoms. The van der Waals surface area contributed by atoms with Crippen molar-refractivity contribution in [3.05, 3.63) is 54.0 Å². The maximum absolute atomic E-state index is 12.8. The van der Waals surface area contributed by atoms with E-state index in [0.29, 0.717) is 10.8 Å². The van der Waals surface area contributed by atoms with Gasteiger partial charge in [0.05, 0.1) is 22.2 Å². The standard InChI is InChI=1S/C20H21N5O3S2/c1-23(2)30(27,28)14-9-10-19(22-12-14)29-13-18(26)15(11-21)20-24(3)16-7-5-6-8-17(16)25(20)4/h5-10,12H,13H2,1-4H3. The van der Waals surface area contributed by atoms with Gasteiger partial charge in [0.2, 0.25) is 10.0 Å². The molecule has 156 valence electrons. The van der Waals surface area contributed by atoms with Crippen LogP contribution in [0.3, 0.4) is 0 Å². The van der Waals surface area contributed by atoms with Crippen LogP contribution in [0.2, 0.25) is 0 Å². The second kappa shape index (κ2) is 8.47. The first kappa shape index (κ1) is 21.8. The first-order valence-corrected chi connectivity index (χ1v) is 11.4. The summed E-state index contributed by atoms with van der Waals surface area (Å²) in [5, 5.41) is 10.2. The van der Waals surface area contributed by atoms with Crippen LogP contribution >= 0.6 is 11.8 Å². The number of hydrogen-bond donors (Lipinski definition) is 0. The molecule has 0 unspecified atom stereocenters. The van der Waals surface area contributed by atoms with Gasteiger partial charge in [-0.05, 0) is 24.3 Å². The molecule has 0 bridgehead atoms. The van der Waals surface area contributed by atoms with Crippen LogP contribution in [0, 0.1) is 11.3 Å². The fourth-order valence-electron chi connectivity index (χ4n) is 3.08. The minimum absolute atomic E-state index is 0.0111. The number of para-hydroxylation sites is 2. The predicted octanol–water partition coefficient (Wildman–Crippen LogP) is 2.31. The lowest BCUT2D eigenvalue weighted by atomic mass is 10.2. The number of anilines is 2. The van der Waals surface area contributed by atoms with Gasteiger partial charge in [0.15, 0.2) is 5.78 Å². The number of nitriles is 1. The summed E-state index contributed by atoms with van der Waals surface area (Å²) in [7, 11) is 2.98. The number of pyridine rings is 1. The second-order valence-electron chi connectivity index (χ2n) is 6.75. The molecule has 1 aromatic carbocycles. The van der Waals surface area contributed by atoms with E-state index in [2.05, 4.69) is 4.98 Å². The van der Waals surface area contributed by atoms with Gasteiger partial charge in [-0.1, -0.05) is 23.9 Å². The Hall–Kier alpha value is -2.87. The fraction of sp³-hybridized carbons (Fsp3) is 0.250. The van der Waals surface area contributed by atoms with Crippen molar-refractivity contribution in [2.75, 3.05) is 43.7 Å². The Balaban J connectivity index is 1.78. The maximum Gasteiger partial charge on any atom is 0.244 e. The van der Waals surface area contributed by atoms with E-state index in [1.54, 1.807) is 6.07 Å². The first-order valence-electron chi connectivity index (χ1n) is 8.94. The zero-order chi connectivity index (χ0) is 22.1. The molecule has 0 saturated heterocycles. The molecular weight excluding hydrogens is 422 g/mol. The van der Waals surface area contributed by atoms with Crippen molar-refractivity contribution in [3.8, 4) is 6.07 Å². The van der Waals surface area contributed by atoms with Gasteiger partial charge in [-0.3, -0.25) is 4.79 Å². The third-order valence-corrected chi connectivity index (χ3v) is 7.44. The summed E-state index contributed by atoms with van der Waals surface area (Å²) in [5.41, 5.74) is 1.90. The molecule has 1 aliphatic rings. The lowest BCUT2D eigenvalue weighted by molar-refractivity contribution is -0.112. The molecular formula is C20H21N5O3S2. The average molecular weight is 444 g/mol. The Morgan fingerprint density at radius 2 is 1.73 bits per heavy atom. The quantitative estimate of drug-likeness (QED) is 0.381. The molecule has 0 amide bonds. The summed E-state index contributed by atoms with van der Waals surface area (Å²) >= 11 is 1.15. The van der Waals surface area contributed by atoms with Crippen molar-refractivity contribution < 1.29 is 13.2 Å². The molecule has 1 aromatic heterocycles. The van der Waals surface area contributed by atoms with E-state index < -0.39 is 10.0 Å². The molecule has 8 nitrogen and oxygen atoms in total. The van der Waals surface area contributed by atoms with Gasteiger partial charge in [-0.2, -0.15) is 5.26 Å². The number of nitrogens with zero attached hydrogens (tertiary/aromatic N) is 5. The van der Waals surface area contributed by atoms with Gasteiger partial charge < -0.3 is 9.80 Å². The predicted molar refractivity (Wildman–Crippen MR) is 117 cm³/mol. The summed E-state index contributed by atoms with van der Waals surface area (Å²) in [4.78, 5) is 20.7. The number of ketones is 1. The zero-order valence-corrected chi connectivity index (χ0v) is 18.7. The van der Waals surface area contributed by atoms with Crippen LogP contribution in [0.5, 0.6) is 0 Å². The van der Waals surface area contributed by atoms with Gasteiger partial charge in [0.25, 0.3) is 0 Å². The molecule has 0 saturated carbocycles. The maximum atomic E-state index is 12.8. The molecule has 0 aliphatic carbocycles. The van der Waals surface area contributed by atoms with Crippen LogP contribution in [0.4, 0.5) is 11.4 Å². The van der Waals surface area contributed by atoms with E-state index in [9.17, 15) is 18.5 Å². The summed E-state index contributed by atoms with van der Waals surface area (Å²) < 4.78 is 25.3. The van der Waals surface area contributed by atoms with Crippen molar-refractivity contribution in [1.82, 2.24) is 9.29 Å². The van der Waals surface area contributed by atoms with E-state index in [1.165, 1.54) is 26.4 Å². The van der Waals surface area contributed by atoms with Crippen molar-refractivity contribution in [3.63, 3.8) is 0 Å². The summed E-state index contributed by atoms with van der Waals surface area (Å²) in [6.07, 6.45) is 1.26. The number of carbonyl (C=O) groups excluding carboxylic acids is 1. The average Bonchev–Trinajstić information content (AvgIpc) is 2.98. The van der Waals surface area contributed by atoms with Crippen LogP contribution in [-0.2, 0) is 14.8 Å². The largest absolute Gasteiger partial charge is 0.328 e. The fourth-order valence-corrected chi connectivity index (χ4v) is 4.65. The highest BCUT2D eigenvalue weighted by atomic mass is 32.2. The van der Waals surface area contributed by atoms with E-state index in [-0.39, 0.29) is 22.0 Å². The van der Waals surface area contributed by atoms with Crippen molar-refractivity contribution in [2.45, 2.75) is 9.92 Å². The highest BCUT2D eigenvalue weighted by Gasteiger charge is 2.31. The normalized spacial score (nSPS) is 13.4. The number of rotatable bonds is 6. The number of carbonyl (C=O) groups is 1. The Morgan fingerprint density at radius 3 is 2.20 bits per heavy atom. The molecule has 1 aliphatic heterocycles. The number of allylic oxidation sites excluding steroid dienone is 1. The van der Waals surface area contributed by atoms with Crippen molar-refractivity contribution >= 4 is 38.9 Å². The minimum atomic E-state index is -3.56. The van der Waals surface area contributed by atoms with Crippen molar-refractivity contribution in [1.29, 1.82) is 5.26 Å². The van der Waals surface area contributed by atoms with Gasteiger partial charge in [-0.25, -0.2) is 17.7 Å². The zero-order valence-electron chi connectivity index (χ0n) is 17.0. The summed E-state index contributed by atoms with van der Waals surface area (Å²) in [6.45, 7) is 0. The number of benzene rings is 1. The molecule has 2 aromatic rings. The lowest BCUT2D eigenvalue weighted by Crippen LogP contribution is -2.26. The number of Topliss-reactive ketones (excluding diaryl/α,β-unsaturated/α-hetero) is 1. The number of hydrogen-bond acceptors (Lipinski definition) is 8. The Labute approximate surface area is 180 Å². The van der Waals surface area contributed by atoms with E-state index in [1.807, 2.05) is 54.2 Å². The third kappa shape index (κ3) is 3.92. The lowest BCUT2D eigenvalue weighted by Gasteiger charge is -2.19. The van der Waals surface area contributed by atoms with Gasteiger partial charge in [0, 0.05) is 34.4 Å². The van der Waals surface area contributed by atoms with Crippen LogP contribution in [0.25, 0.3) is 0 Å². The molecule has 3 rings (SSSR count). The molecule has 0 atom stereocenters. The Morgan fingerprint density at radius 1 is 1.13 bits per heavy atom. The molecule has 0 N–H and O–H groups in total. The number of fused-ring (bicyclic) bond motifs is 1. The monoisotopic (exact) mass is 443 g/mol. The second-order valence-corrected chi connectivity index (χ2v) is 9.90. The molecule has 30 heavy (non-hydrogen) atoms. The van der Waals surface area contributed by atoms with E-state index in [4.69, 9.17) is 0 Å². The van der Waals surface area contributed by atoms with Crippen LogP contribution in [-0.4, -0.2) is 57.4 Å². The Bertz CT molecular complexity index is 1120. The smallest absolute Gasteiger partial charge is 0.244 e. The number of thioether (sulfide) groups is 1. The van der Waals surface area contributed by atoms with Gasteiger partial charge in [0.1, 0.15) is 22.4 Å². The summed E-state index contributed by atoms with van der Waals surface area (Å²) in [5.74, 6) is 0.220. The molecule has 2 heterocycles. The van der Waals surface area contributed by atoms with Gasteiger partial charge in [-0.15, -0.1) is 0 Å². The van der Waals surface area contributed by atoms with Crippen LogP contribution < -0.4 is 9.80 Å². The SMILES string of the molecule is CN1C(=C(C#N)C(=O)CSc2ccc(S(=O)(=O)N(C)C)cn2)N(C)c2ccccc21. The highest BCUT2D eigenvalue weighted by molar-refractivity contribution is 7.99. The van der Waals surface area contributed by atoms with Crippen LogP contribution in [0.15, 0.2) is 63.9 Å². The van der Waals surface area contributed by atoms with E-state index >= 15 is 0 Å². The van der Waals surface area contributed by atoms with E-state index in [0.717, 1.165) is 27.4 Å². The Kier molecular flexibility index (Phi) is 6.17. The topological polar surface area (TPSA) is 97.6 Å². The number of sulfonamides is 1. The highest BCUT2D eigenvalue weighted by Crippen LogP contribution is 2.40. The molecule has 0 radical (unpaired) electrons. The number of aromatic nitrogens is 1.